The number of aryl methyl sites for hydroxylation is 1. The molecule has 0 bridgehead atoms. The van der Waals surface area contributed by atoms with Crippen molar-refractivity contribution in [2.45, 2.75) is 38.2 Å². The number of rotatable bonds is 5. The van der Waals surface area contributed by atoms with Crippen LogP contribution in [0.2, 0.25) is 0 Å². The van der Waals surface area contributed by atoms with Crippen molar-refractivity contribution in [3.05, 3.63) is 40.9 Å². The molecular formula is C20H21N3O4S2. The first-order valence-electron chi connectivity index (χ1n) is 9.34. The number of anilines is 2. The first kappa shape index (κ1) is 19.9. The molecule has 2 aromatic rings. The maximum absolute atomic E-state index is 12.7. The van der Waals surface area contributed by atoms with E-state index in [0.717, 1.165) is 17.0 Å². The normalized spacial score (nSPS) is 20.6. The van der Waals surface area contributed by atoms with Gasteiger partial charge >= 0.3 is 5.97 Å². The quantitative estimate of drug-likeness (QED) is 0.676. The summed E-state index contributed by atoms with van der Waals surface area (Å²) in [4.78, 5) is 43.8. The number of aromatic nitrogens is 1. The molecule has 9 heteroatoms. The molecular weight excluding hydrogens is 410 g/mol. The molecule has 1 atom stereocenters. The van der Waals surface area contributed by atoms with Crippen LogP contribution in [0, 0.1) is 6.92 Å². The molecule has 1 aromatic heterocycles. The fraction of sp³-hybridized carbons (Fsp3) is 0.400. The molecule has 7 nitrogen and oxygen atoms in total. The highest BCUT2D eigenvalue weighted by molar-refractivity contribution is 8.01. The highest BCUT2D eigenvalue weighted by atomic mass is 32.2. The Labute approximate surface area is 177 Å². The summed E-state index contributed by atoms with van der Waals surface area (Å²) in [5.41, 5.74) is 2.37. The van der Waals surface area contributed by atoms with Gasteiger partial charge in [0.05, 0.1) is 11.4 Å². The number of amides is 2. The third-order valence-corrected chi connectivity index (χ3v) is 7.38. The average Bonchev–Trinajstić information content (AvgIpc) is 3.38. The van der Waals surface area contributed by atoms with Crippen LogP contribution in [-0.2, 0) is 25.7 Å². The lowest BCUT2D eigenvalue weighted by Crippen LogP contribution is -2.46. The molecule has 2 fully saturated rings. The summed E-state index contributed by atoms with van der Waals surface area (Å²) in [5.74, 6) is 0.224. The Morgan fingerprint density at radius 1 is 1.38 bits per heavy atom. The van der Waals surface area contributed by atoms with E-state index in [0.29, 0.717) is 30.2 Å². The molecule has 2 saturated heterocycles. The van der Waals surface area contributed by atoms with Crippen molar-refractivity contribution < 1.29 is 19.1 Å². The maximum Gasteiger partial charge on any atom is 0.343 e. The first-order chi connectivity index (χ1) is 13.9. The zero-order chi connectivity index (χ0) is 20.6. The van der Waals surface area contributed by atoms with E-state index < -0.39 is 4.87 Å². The van der Waals surface area contributed by atoms with Gasteiger partial charge in [0.15, 0.2) is 10.0 Å². The van der Waals surface area contributed by atoms with Gasteiger partial charge < -0.3 is 9.64 Å². The van der Waals surface area contributed by atoms with Crippen LogP contribution in [0.1, 0.15) is 31.0 Å². The van der Waals surface area contributed by atoms with E-state index in [-0.39, 0.29) is 24.4 Å². The number of ether oxygens (including phenoxy) is 1. The van der Waals surface area contributed by atoms with E-state index in [1.807, 2.05) is 31.2 Å². The molecule has 0 unspecified atom stereocenters. The number of hydrogen-bond donors (Lipinski definition) is 0. The predicted octanol–water partition coefficient (Wildman–Crippen LogP) is 3.24. The number of esters is 1. The second-order valence-corrected chi connectivity index (χ2v) is 9.28. The number of nitrogens with zero attached hydrogens (tertiary/aromatic N) is 3. The minimum Gasteiger partial charge on any atom is -0.457 e. The lowest BCUT2D eigenvalue weighted by molar-refractivity contribution is -0.154. The van der Waals surface area contributed by atoms with Crippen molar-refractivity contribution in [1.82, 2.24) is 9.88 Å². The van der Waals surface area contributed by atoms with E-state index in [1.54, 1.807) is 15.2 Å². The molecule has 2 aliphatic rings. The van der Waals surface area contributed by atoms with Crippen molar-refractivity contribution >= 4 is 51.7 Å². The fourth-order valence-corrected chi connectivity index (χ4v) is 5.95. The Hall–Kier alpha value is -2.39. The van der Waals surface area contributed by atoms with Gasteiger partial charge in [-0.05, 0) is 31.0 Å². The molecule has 1 aromatic carbocycles. The minimum atomic E-state index is -0.872. The van der Waals surface area contributed by atoms with Gasteiger partial charge in [-0.1, -0.05) is 12.1 Å². The van der Waals surface area contributed by atoms with E-state index in [4.69, 9.17) is 4.74 Å². The number of thioether (sulfide) groups is 1. The van der Waals surface area contributed by atoms with Crippen LogP contribution in [0.5, 0.6) is 0 Å². The smallest absolute Gasteiger partial charge is 0.343 e. The van der Waals surface area contributed by atoms with E-state index in [2.05, 4.69) is 4.98 Å². The summed E-state index contributed by atoms with van der Waals surface area (Å²) < 4.78 is 5.53. The van der Waals surface area contributed by atoms with Crippen LogP contribution in [0.15, 0.2) is 29.6 Å². The summed E-state index contributed by atoms with van der Waals surface area (Å²) in [5, 5.41) is 2.31. The van der Waals surface area contributed by atoms with Crippen LogP contribution in [-0.4, -0.2) is 44.8 Å². The van der Waals surface area contributed by atoms with Crippen LogP contribution in [0.4, 0.5) is 10.8 Å². The molecule has 2 aliphatic heterocycles. The molecule has 0 N–H and O–H groups in total. The topological polar surface area (TPSA) is 79.8 Å². The highest BCUT2D eigenvalue weighted by Gasteiger charge is 2.55. The lowest BCUT2D eigenvalue weighted by Gasteiger charge is -2.28. The third-order valence-electron chi connectivity index (χ3n) is 5.05. The Bertz CT molecular complexity index is 976. The van der Waals surface area contributed by atoms with E-state index >= 15 is 0 Å². The van der Waals surface area contributed by atoms with Gasteiger partial charge in [0.2, 0.25) is 11.8 Å². The van der Waals surface area contributed by atoms with Crippen molar-refractivity contribution in [2.24, 2.45) is 0 Å². The van der Waals surface area contributed by atoms with Gasteiger partial charge in [0, 0.05) is 31.0 Å². The number of carbonyl (C=O) groups is 3. The van der Waals surface area contributed by atoms with E-state index in [1.165, 1.54) is 30.0 Å². The Morgan fingerprint density at radius 2 is 2.21 bits per heavy atom. The second-order valence-electron chi connectivity index (χ2n) is 7.07. The maximum atomic E-state index is 12.7. The van der Waals surface area contributed by atoms with Crippen molar-refractivity contribution in [2.75, 3.05) is 17.2 Å². The van der Waals surface area contributed by atoms with Gasteiger partial charge in [-0.25, -0.2) is 9.78 Å². The van der Waals surface area contributed by atoms with Gasteiger partial charge in [-0.3, -0.25) is 14.5 Å². The lowest BCUT2D eigenvalue weighted by atomic mass is 10.2. The molecule has 0 radical (unpaired) electrons. The number of hydrogen-bond acceptors (Lipinski definition) is 7. The van der Waals surface area contributed by atoms with Gasteiger partial charge in [-0.15, -0.1) is 23.1 Å². The van der Waals surface area contributed by atoms with Crippen molar-refractivity contribution in [3.63, 3.8) is 0 Å². The van der Waals surface area contributed by atoms with Crippen LogP contribution >= 0.6 is 23.1 Å². The van der Waals surface area contributed by atoms with Crippen molar-refractivity contribution in [3.8, 4) is 0 Å². The average molecular weight is 432 g/mol. The largest absolute Gasteiger partial charge is 0.457 e. The Balaban J connectivity index is 1.47. The summed E-state index contributed by atoms with van der Waals surface area (Å²) in [7, 11) is 0. The van der Waals surface area contributed by atoms with Gasteiger partial charge in [0.25, 0.3) is 0 Å². The van der Waals surface area contributed by atoms with Gasteiger partial charge in [-0.2, -0.15) is 0 Å². The molecule has 3 heterocycles. The zero-order valence-corrected chi connectivity index (χ0v) is 17.8. The molecule has 2 amide bonds. The summed E-state index contributed by atoms with van der Waals surface area (Å²) in [6.07, 6.45) is 0.871. The number of fused-ring (bicyclic) bond motifs is 1. The number of thiazole rings is 1. The number of benzene rings is 1. The van der Waals surface area contributed by atoms with Gasteiger partial charge in [0.1, 0.15) is 6.61 Å². The standard InChI is InChI=1S/C20H21N3O4S2/c1-13-4-3-5-16(10-13)23(14(2)24)19-21-15(12-28-19)11-27-18(26)20-7-6-17(25)22(20)8-9-29-20/h3-5,10,12H,6-9,11H2,1-2H3/t20-/m0/s1. The number of carbonyl (C=O) groups excluding carboxylic acids is 3. The van der Waals surface area contributed by atoms with E-state index in [9.17, 15) is 14.4 Å². The minimum absolute atomic E-state index is 0.0122. The SMILES string of the molecule is CC(=O)N(c1cccc(C)c1)c1nc(COC(=O)[C@@]23CCC(=O)N2CCS3)cs1. The summed E-state index contributed by atoms with van der Waals surface area (Å²) in [6, 6.07) is 7.64. The zero-order valence-electron chi connectivity index (χ0n) is 16.2. The molecule has 0 saturated carbocycles. The monoisotopic (exact) mass is 431 g/mol. The molecule has 0 spiro atoms. The molecule has 29 heavy (non-hydrogen) atoms. The third kappa shape index (κ3) is 3.64. The second kappa shape index (κ2) is 7.79. The fourth-order valence-electron chi connectivity index (χ4n) is 3.69. The highest BCUT2D eigenvalue weighted by Crippen LogP contribution is 2.45. The van der Waals surface area contributed by atoms with Crippen LogP contribution in [0.25, 0.3) is 0 Å². The Morgan fingerprint density at radius 3 is 2.97 bits per heavy atom. The molecule has 4 rings (SSSR count). The molecule has 0 aliphatic carbocycles. The summed E-state index contributed by atoms with van der Waals surface area (Å²) in [6.45, 7) is 4.06. The van der Waals surface area contributed by atoms with Crippen LogP contribution < -0.4 is 4.90 Å². The first-order valence-corrected chi connectivity index (χ1v) is 11.2. The predicted molar refractivity (Wildman–Crippen MR) is 112 cm³/mol. The Kier molecular flexibility index (Phi) is 5.35. The van der Waals surface area contributed by atoms with Crippen LogP contribution in [0.3, 0.4) is 0 Å². The molecule has 152 valence electrons. The summed E-state index contributed by atoms with van der Waals surface area (Å²) >= 11 is 2.80. The van der Waals surface area contributed by atoms with Crippen molar-refractivity contribution in [1.29, 1.82) is 0 Å².